The number of nitrogens with one attached hydrogen (secondary N) is 1. The van der Waals surface area contributed by atoms with Crippen LogP contribution in [-0.2, 0) is 14.3 Å². The third-order valence-electron chi connectivity index (χ3n) is 2.93. The van der Waals surface area contributed by atoms with Crippen LogP contribution in [0.5, 0.6) is 0 Å². The van der Waals surface area contributed by atoms with E-state index in [-0.39, 0.29) is 12.0 Å². The number of carbonyl (C=O) groups is 2. The maximum absolute atomic E-state index is 12.0. The van der Waals surface area contributed by atoms with Gasteiger partial charge in [0.2, 0.25) is 5.91 Å². The first-order valence-electron chi connectivity index (χ1n) is 6.16. The average Bonchev–Trinajstić information content (AvgIpc) is 2.37. The SMILES string of the molecule is CC(C)(C)OC(=O)N1CCOCC2(CC(=O)N2)C1. The van der Waals surface area contributed by atoms with Crippen molar-refractivity contribution in [3.63, 3.8) is 0 Å². The lowest BCUT2D eigenvalue weighted by Crippen LogP contribution is -2.68. The van der Waals surface area contributed by atoms with Gasteiger partial charge in [0.05, 0.1) is 25.2 Å². The van der Waals surface area contributed by atoms with E-state index in [1.807, 2.05) is 20.8 Å². The normalized spacial score (nSPS) is 28.4. The fourth-order valence-corrected chi connectivity index (χ4v) is 2.18. The Labute approximate surface area is 107 Å². The first-order chi connectivity index (χ1) is 8.30. The second-order valence-electron chi connectivity index (χ2n) is 5.96. The highest BCUT2D eigenvalue weighted by atomic mass is 16.6. The zero-order valence-electron chi connectivity index (χ0n) is 11.1. The van der Waals surface area contributed by atoms with Gasteiger partial charge >= 0.3 is 6.09 Å². The molecule has 1 N–H and O–H groups in total. The van der Waals surface area contributed by atoms with Crippen LogP contribution in [0.15, 0.2) is 0 Å². The minimum absolute atomic E-state index is 0.00430. The summed E-state index contributed by atoms with van der Waals surface area (Å²) >= 11 is 0. The van der Waals surface area contributed by atoms with E-state index in [0.717, 1.165) is 0 Å². The van der Waals surface area contributed by atoms with Crippen molar-refractivity contribution in [1.29, 1.82) is 0 Å². The van der Waals surface area contributed by atoms with E-state index in [9.17, 15) is 9.59 Å². The Hall–Kier alpha value is -1.30. The summed E-state index contributed by atoms with van der Waals surface area (Å²) in [6.07, 6.45) is 0.0558. The third-order valence-corrected chi connectivity index (χ3v) is 2.93. The molecule has 2 fully saturated rings. The summed E-state index contributed by atoms with van der Waals surface area (Å²) < 4.78 is 10.8. The minimum Gasteiger partial charge on any atom is -0.444 e. The lowest BCUT2D eigenvalue weighted by Gasteiger charge is -2.42. The summed E-state index contributed by atoms with van der Waals surface area (Å²) in [5.41, 5.74) is -0.926. The van der Waals surface area contributed by atoms with Gasteiger partial charge in [0.25, 0.3) is 0 Å². The second kappa shape index (κ2) is 4.42. The van der Waals surface area contributed by atoms with Gasteiger partial charge in [-0.25, -0.2) is 4.79 Å². The maximum atomic E-state index is 12.0. The van der Waals surface area contributed by atoms with Crippen LogP contribution in [0.4, 0.5) is 4.79 Å². The fraction of sp³-hybridized carbons (Fsp3) is 0.833. The van der Waals surface area contributed by atoms with Crippen LogP contribution >= 0.6 is 0 Å². The van der Waals surface area contributed by atoms with E-state index in [1.54, 1.807) is 4.90 Å². The van der Waals surface area contributed by atoms with Gasteiger partial charge in [-0.15, -0.1) is 0 Å². The molecule has 2 saturated heterocycles. The molecule has 6 nitrogen and oxygen atoms in total. The Morgan fingerprint density at radius 2 is 2.17 bits per heavy atom. The first kappa shape index (κ1) is 13.1. The summed E-state index contributed by atoms with van der Waals surface area (Å²) in [6, 6.07) is 0. The summed E-state index contributed by atoms with van der Waals surface area (Å²) in [7, 11) is 0. The van der Waals surface area contributed by atoms with Crippen LogP contribution in [0, 0.1) is 0 Å². The number of hydrogen-bond acceptors (Lipinski definition) is 4. The van der Waals surface area contributed by atoms with Gasteiger partial charge in [0, 0.05) is 13.1 Å². The van der Waals surface area contributed by atoms with Crippen molar-refractivity contribution in [2.45, 2.75) is 38.3 Å². The summed E-state index contributed by atoms with van der Waals surface area (Å²) in [5.74, 6) is 0.00430. The zero-order valence-corrected chi connectivity index (χ0v) is 11.1. The molecule has 0 aromatic heterocycles. The molecule has 1 atom stereocenters. The molecule has 2 heterocycles. The van der Waals surface area contributed by atoms with Crippen molar-refractivity contribution in [3.8, 4) is 0 Å². The summed E-state index contributed by atoms with van der Waals surface area (Å²) in [5, 5.41) is 2.83. The molecule has 1 spiro atoms. The molecule has 0 aromatic rings. The molecule has 102 valence electrons. The molecular formula is C12H20N2O4. The Balaban J connectivity index is 1.99. The number of carbonyl (C=O) groups excluding carboxylic acids is 2. The Bertz CT molecular complexity index is 354. The monoisotopic (exact) mass is 256 g/mol. The molecule has 0 aromatic carbocycles. The van der Waals surface area contributed by atoms with Crippen molar-refractivity contribution in [2.75, 3.05) is 26.3 Å². The van der Waals surface area contributed by atoms with E-state index in [2.05, 4.69) is 5.32 Å². The lowest BCUT2D eigenvalue weighted by atomic mass is 9.87. The predicted octanol–water partition coefficient (Wildman–Crippen LogP) is 0.512. The summed E-state index contributed by atoms with van der Waals surface area (Å²) in [4.78, 5) is 24.7. The highest BCUT2D eigenvalue weighted by molar-refractivity contribution is 5.85. The van der Waals surface area contributed by atoms with E-state index >= 15 is 0 Å². The molecule has 1 unspecified atom stereocenters. The number of rotatable bonds is 0. The lowest BCUT2D eigenvalue weighted by molar-refractivity contribution is -0.135. The van der Waals surface area contributed by atoms with Gasteiger partial charge in [-0.1, -0.05) is 0 Å². The fourth-order valence-electron chi connectivity index (χ4n) is 2.18. The van der Waals surface area contributed by atoms with Gasteiger partial charge in [0.15, 0.2) is 0 Å². The maximum Gasteiger partial charge on any atom is 0.410 e. The molecular weight excluding hydrogens is 236 g/mol. The van der Waals surface area contributed by atoms with Gasteiger partial charge in [-0.05, 0) is 20.8 Å². The Morgan fingerprint density at radius 1 is 1.50 bits per heavy atom. The third kappa shape index (κ3) is 2.93. The molecule has 0 saturated carbocycles. The number of hydrogen-bond donors (Lipinski definition) is 1. The second-order valence-corrected chi connectivity index (χ2v) is 5.96. The molecule has 0 bridgehead atoms. The predicted molar refractivity (Wildman–Crippen MR) is 64.1 cm³/mol. The molecule has 2 rings (SSSR count). The van der Waals surface area contributed by atoms with E-state index in [4.69, 9.17) is 9.47 Å². The Kier molecular flexibility index (Phi) is 3.23. The largest absolute Gasteiger partial charge is 0.444 e. The molecule has 2 aliphatic rings. The Morgan fingerprint density at radius 3 is 2.72 bits per heavy atom. The standard InChI is InChI=1S/C12H20N2O4/c1-11(2,3)18-10(16)14-4-5-17-8-12(7-14)6-9(15)13-12/h4-8H2,1-3H3,(H,13,15). The number of nitrogens with zero attached hydrogens (tertiary/aromatic N) is 1. The van der Waals surface area contributed by atoms with E-state index in [0.29, 0.717) is 32.7 Å². The number of amides is 2. The first-order valence-corrected chi connectivity index (χ1v) is 6.16. The molecule has 2 amide bonds. The topological polar surface area (TPSA) is 67.9 Å². The highest BCUT2D eigenvalue weighted by Gasteiger charge is 2.46. The van der Waals surface area contributed by atoms with Crippen molar-refractivity contribution < 1.29 is 19.1 Å². The van der Waals surface area contributed by atoms with E-state index < -0.39 is 11.1 Å². The van der Waals surface area contributed by atoms with Gasteiger partial charge in [0.1, 0.15) is 5.60 Å². The van der Waals surface area contributed by atoms with Gasteiger partial charge < -0.3 is 19.7 Å². The van der Waals surface area contributed by atoms with Crippen LogP contribution in [0.25, 0.3) is 0 Å². The van der Waals surface area contributed by atoms with Crippen LogP contribution in [0.3, 0.4) is 0 Å². The minimum atomic E-state index is -0.514. The van der Waals surface area contributed by atoms with Crippen LogP contribution < -0.4 is 5.32 Å². The molecule has 18 heavy (non-hydrogen) atoms. The number of ether oxygens (including phenoxy) is 2. The van der Waals surface area contributed by atoms with Crippen molar-refractivity contribution in [1.82, 2.24) is 10.2 Å². The molecule has 6 heteroatoms. The molecule has 0 radical (unpaired) electrons. The van der Waals surface area contributed by atoms with Crippen molar-refractivity contribution in [3.05, 3.63) is 0 Å². The van der Waals surface area contributed by atoms with Crippen molar-refractivity contribution in [2.24, 2.45) is 0 Å². The van der Waals surface area contributed by atoms with Crippen molar-refractivity contribution >= 4 is 12.0 Å². The zero-order chi connectivity index (χ0) is 13.4. The van der Waals surface area contributed by atoms with Gasteiger partial charge in [-0.3, -0.25) is 4.79 Å². The average molecular weight is 256 g/mol. The van der Waals surface area contributed by atoms with Crippen LogP contribution in [0.1, 0.15) is 27.2 Å². The molecule has 0 aliphatic carbocycles. The molecule has 2 aliphatic heterocycles. The quantitative estimate of drug-likeness (QED) is 0.641. The van der Waals surface area contributed by atoms with E-state index in [1.165, 1.54) is 0 Å². The van der Waals surface area contributed by atoms with Gasteiger partial charge in [-0.2, -0.15) is 0 Å². The van der Waals surface area contributed by atoms with Crippen LogP contribution in [0.2, 0.25) is 0 Å². The van der Waals surface area contributed by atoms with Crippen LogP contribution in [-0.4, -0.2) is 54.3 Å². The highest BCUT2D eigenvalue weighted by Crippen LogP contribution is 2.25. The summed E-state index contributed by atoms with van der Waals surface area (Å²) in [6.45, 7) is 7.37. The smallest absolute Gasteiger partial charge is 0.410 e. The number of β-lactam (4-membered cyclic amide) rings is 1.